The molecule has 0 fully saturated rings. The van der Waals surface area contributed by atoms with E-state index in [-0.39, 0.29) is 22.6 Å². The van der Waals surface area contributed by atoms with Gasteiger partial charge in [-0.3, -0.25) is 9.59 Å². The van der Waals surface area contributed by atoms with E-state index in [1.54, 1.807) is 48.5 Å². The van der Waals surface area contributed by atoms with Gasteiger partial charge < -0.3 is 37.9 Å². The van der Waals surface area contributed by atoms with Gasteiger partial charge in [-0.1, -0.05) is 258 Å². The van der Waals surface area contributed by atoms with Crippen LogP contribution in [0, 0.1) is 0 Å². The van der Waals surface area contributed by atoms with E-state index in [0.29, 0.717) is 85.3 Å². The third-order valence-corrected chi connectivity index (χ3v) is 15.9. The maximum atomic E-state index is 14.2. The zero-order valence-corrected chi connectivity index (χ0v) is 55.5. The van der Waals surface area contributed by atoms with Gasteiger partial charge in [0.05, 0.1) is 50.8 Å². The molecule has 0 aliphatic carbocycles. The van der Waals surface area contributed by atoms with Crippen molar-refractivity contribution < 1.29 is 47.5 Å². The van der Waals surface area contributed by atoms with Crippen LogP contribution in [0.25, 0.3) is 11.1 Å². The van der Waals surface area contributed by atoms with E-state index in [1.165, 1.54) is 140 Å². The number of carbonyl (C=O) groups is 2. The SMILES string of the molecule is CCCCCCCCOc1cc(C(=O)Oc2ccc(-c3ccc(OC(=O)c4cc(OCCCCCCCC)c(OCCCCCCCC)c(OCCCCCCCC)c4)c(=O)cc3)ccc2=O)cc(OCCCCCCCC)c1OCCCCCCCC. The Hall–Kier alpha value is -6.04. The Kier molecular flexibility index (Phi) is 40.5. The highest BCUT2D eigenvalue weighted by Crippen LogP contribution is 2.42. The van der Waals surface area contributed by atoms with Crippen LogP contribution in [0.3, 0.4) is 0 Å². The van der Waals surface area contributed by atoms with Crippen molar-refractivity contribution in [2.24, 2.45) is 0 Å². The van der Waals surface area contributed by atoms with Crippen molar-refractivity contribution in [1.82, 2.24) is 0 Å². The van der Waals surface area contributed by atoms with E-state index >= 15 is 0 Å². The number of esters is 2. The first-order valence-corrected chi connectivity index (χ1v) is 35.0. The normalized spacial score (nSPS) is 11.1. The molecule has 0 radical (unpaired) electrons. The van der Waals surface area contributed by atoms with Crippen LogP contribution in [0.5, 0.6) is 46.0 Å². The quantitative estimate of drug-likeness (QED) is 0.0307. The van der Waals surface area contributed by atoms with Crippen LogP contribution in [-0.4, -0.2) is 51.6 Å². The molecule has 0 aliphatic rings. The van der Waals surface area contributed by atoms with Crippen molar-refractivity contribution in [1.29, 1.82) is 0 Å². The minimum absolute atomic E-state index is 0.163. The van der Waals surface area contributed by atoms with Crippen LogP contribution in [0.2, 0.25) is 0 Å². The van der Waals surface area contributed by atoms with Crippen LogP contribution in [0.1, 0.15) is 293 Å². The van der Waals surface area contributed by atoms with Crippen molar-refractivity contribution in [2.45, 2.75) is 273 Å². The molecule has 88 heavy (non-hydrogen) atoms. The molecule has 0 saturated heterocycles. The van der Waals surface area contributed by atoms with E-state index in [2.05, 4.69) is 41.5 Å². The van der Waals surface area contributed by atoms with Crippen LogP contribution in [0.4, 0.5) is 0 Å². The Labute approximate surface area is 530 Å². The smallest absolute Gasteiger partial charge is 0.343 e. The van der Waals surface area contributed by atoms with E-state index in [4.69, 9.17) is 37.9 Å². The average molecular weight is 1220 g/mol. The predicted molar refractivity (Wildman–Crippen MR) is 360 cm³/mol. The van der Waals surface area contributed by atoms with Crippen molar-refractivity contribution in [3.8, 4) is 57.1 Å². The summed E-state index contributed by atoms with van der Waals surface area (Å²) in [7, 11) is 0. The lowest BCUT2D eigenvalue weighted by Crippen LogP contribution is -2.14. The predicted octanol–water partition coefficient (Wildman–Crippen LogP) is 20.9. The van der Waals surface area contributed by atoms with Gasteiger partial charge in [0.15, 0.2) is 34.5 Å². The molecule has 4 rings (SSSR count). The summed E-state index contributed by atoms with van der Waals surface area (Å²) in [5.74, 6) is 0.713. The second-order valence-electron chi connectivity index (χ2n) is 23.8. The molecule has 0 N–H and O–H groups in total. The topological polar surface area (TPSA) is 142 Å². The van der Waals surface area contributed by atoms with E-state index in [9.17, 15) is 19.2 Å². The first-order chi connectivity index (χ1) is 43.2. The number of hydrogen-bond acceptors (Lipinski definition) is 12. The summed E-state index contributed by atoms with van der Waals surface area (Å²) in [5.41, 5.74) is 0.367. The maximum absolute atomic E-state index is 14.2. The molecule has 12 heteroatoms. The van der Waals surface area contributed by atoms with Gasteiger partial charge in [-0.05, 0) is 98.2 Å². The molecule has 0 aliphatic heterocycles. The molecule has 0 atom stereocenters. The van der Waals surface area contributed by atoms with E-state index in [0.717, 1.165) is 116 Å². The van der Waals surface area contributed by atoms with Gasteiger partial charge >= 0.3 is 11.9 Å². The van der Waals surface area contributed by atoms with Crippen molar-refractivity contribution >= 4 is 11.9 Å². The Morgan fingerprint density at radius 2 is 0.477 bits per heavy atom. The van der Waals surface area contributed by atoms with Crippen LogP contribution < -0.4 is 48.8 Å². The molecule has 0 saturated carbocycles. The molecule has 490 valence electrons. The van der Waals surface area contributed by atoms with Crippen molar-refractivity contribution in [3.63, 3.8) is 0 Å². The first-order valence-electron chi connectivity index (χ1n) is 35.0. The number of benzene rings is 2. The molecule has 4 aromatic rings. The summed E-state index contributed by atoms with van der Waals surface area (Å²) in [6.45, 7) is 16.0. The van der Waals surface area contributed by atoms with Crippen LogP contribution >= 0.6 is 0 Å². The molecule has 0 spiro atoms. The molecular formula is C76H114O12. The molecule has 0 unspecified atom stereocenters. The zero-order valence-electron chi connectivity index (χ0n) is 55.5. The Morgan fingerprint density at radius 1 is 0.261 bits per heavy atom. The highest BCUT2D eigenvalue weighted by Gasteiger charge is 2.23. The standard InChI is InChI=1S/C76H114O12/c1-7-13-19-25-31-37-51-81-69-57-63(58-70(82-52-38-32-26-20-14-8-2)73(69)85-55-41-35-29-23-17-11-5)75(79)87-67-49-45-61(43-47-65(67)77)62-44-48-66(78)68(50-46-62)88-76(80)64-59-71(83-53-39-33-27-21-15-9-3)74(86-56-42-36-30-24-18-12-6)72(60-64)84-54-40-34-28-22-16-10-4/h43-50,57-60H,7-42,51-56H2,1-6H3. The summed E-state index contributed by atoms with van der Waals surface area (Å²) in [6, 6.07) is 18.6. The molecular weight excluding hydrogens is 1100 g/mol. The number of unbranched alkanes of at least 4 members (excludes halogenated alkanes) is 30. The number of ether oxygens (including phenoxy) is 8. The fraction of sp³-hybridized carbons (Fsp3) is 0.632. The Morgan fingerprint density at radius 3 is 0.727 bits per heavy atom. The second-order valence-corrected chi connectivity index (χ2v) is 23.8. The molecule has 0 bridgehead atoms. The lowest BCUT2D eigenvalue weighted by molar-refractivity contribution is 0.0722. The molecule has 0 aromatic heterocycles. The minimum atomic E-state index is -0.752. The summed E-state index contributed by atoms with van der Waals surface area (Å²) >= 11 is 0. The van der Waals surface area contributed by atoms with Gasteiger partial charge in [0.1, 0.15) is 0 Å². The summed E-state index contributed by atoms with van der Waals surface area (Å²) in [5, 5.41) is 0. The lowest BCUT2D eigenvalue weighted by Gasteiger charge is -2.19. The van der Waals surface area contributed by atoms with Gasteiger partial charge in [-0.15, -0.1) is 0 Å². The molecule has 12 nitrogen and oxygen atoms in total. The monoisotopic (exact) mass is 1220 g/mol. The number of rotatable bonds is 53. The molecule has 0 heterocycles. The first kappa shape index (κ1) is 74.4. The van der Waals surface area contributed by atoms with Gasteiger partial charge in [0.2, 0.25) is 22.4 Å². The van der Waals surface area contributed by atoms with Gasteiger partial charge in [-0.25, -0.2) is 9.59 Å². The van der Waals surface area contributed by atoms with E-state index < -0.39 is 22.8 Å². The van der Waals surface area contributed by atoms with Crippen molar-refractivity contribution in [2.75, 3.05) is 39.6 Å². The largest absolute Gasteiger partial charge is 0.490 e. The Balaban J connectivity index is 1.61. The van der Waals surface area contributed by atoms with Crippen molar-refractivity contribution in [3.05, 3.63) is 104 Å². The second kappa shape index (κ2) is 47.9. The summed E-state index contributed by atoms with van der Waals surface area (Å²) < 4.78 is 50.5. The summed E-state index contributed by atoms with van der Waals surface area (Å²) in [4.78, 5) is 55.8. The molecule has 4 aromatic carbocycles. The molecule has 0 amide bonds. The lowest BCUT2D eigenvalue weighted by atomic mass is 10.1. The van der Waals surface area contributed by atoms with Crippen LogP contribution in [0.15, 0.2) is 82.4 Å². The highest BCUT2D eigenvalue weighted by molar-refractivity contribution is 5.93. The highest BCUT2D eigenvalue weighted by atomic mass is 16.6. The third kappa shape index (κ3) is 30.4. The zero-order chi connectivity index (χ0) is 63.1. The number of hydrogen-bond donors (Lipinski definition) is 0. The number of carbonyl (C=O) groups excluding carboxylic acids is 2. The Bertz CT molecular complexity index is 2390. The van der Waals surface area contributed by atoms with Gasteiger partial charge in [-0.2, -0.15) is 0 Å². The fourth-order valence-electron chi connectivity index (χ4n) is 10.4. The maximum Gasteiger partial charge on any atom is 0.343 e. The summed E-state index contributed by atoms with van der Waals surface area (Å²) in [6.07, 6.45) is 39.7. The fourth-order valence-corrected chi connectivity index (χ4v) is 10.4. The third-order valence-electron chi connectivity index (χ3n) is 15.9. The van der Waals surface area contributed by atoms with E-state index in [1.807, 2.05) is 0 Å². The van der Waals surface area contributed by atoms with Gasteiger partial charge in [0, 0.05) is 0 Å². The van der Waals surface area contributed by atoms with Gasteiger partial charge in [0.25, 0.3) is 0 Å². The minimum Gasteiger partial charge on any atom is -0.490 e. The average Bonchev–Trinajstić information content (AvgIpc) is 2.94. The van der Waals surface area contributed by atoms with Crippen LogP contribution in [-0.2, 0) is 0 Å².